The van der Waals surface area contributed by atoms with Crippen LogP contribution in [-0.4, -0.2) is 9.78 Å². The lowest BCUT2D eigenvalue weighted by molar-refractivity contribution is 0.458. The van der Waals surface area contributed by atoms with Gasteiger partial charge in [0, 0.05) is 13.1 Å². The number of anilines is 1. The topological polar surface area (TPSA) is 29.9 Å². The van der Waals surface area contributed by atoms with Crippen molar-refractivity contribution in [2.45, 2.75) is 13.5 Å². The van der Waals surface area contributed by atoms with Gasteiger partial charge in [-0.05, 0) is 6.92 Å². The summed E-state index contributed by atoms with van der Waals surface area (Å²) in [5.74, 6) is -5.92. The molecule has 0 spiro atoms. The average molecular weight is 308 g/mol. The van der Waals surface area contributed by atoms with Crippen LogP contribution >= 0.6 is 11.6 Å². The number of nitrogens with zero attached hydrogens (tertiary/aromatic N) is 2. The van der Waals surface area contributed by atoms with Crippen molar-refractivity contribution in [3.63, 3.8) is 0 Å². The third-order valence-corrected chi connectivity index (χ3v) is 3.30. The van der Waals surface area contributed by atoms with Gasteiger partial charge in [0.25, 0.3) is 0 Å². The Morgan fingerprint density at radius 2 is 1.75 bits per heavy atom. The number of nitrogens with one attached hydrogen (secondary N) is 1. The molecule has 0 atom stereocenters. The van der Waals surface area contributed by atoms with Gasteiger partial charge in [-0.2, -0.15) is 5.10 Å². The van der Waals surface area contributed by atoms with E-state index in [0.717, 1.165) is 0 Å². The first-order valence-corrected chi connectivity index (χ1v) is 5.95. The third kappa shape index (κ3) is 2.45. The normalized spacial score (nSPS) is 10.9. The molecule has 8 heteroatoms. The van der Waals surface area contributed by atoms with Crippen LogP contribution in [0.1, 0.15) is 11.4 Å². The first kappa shape index (κ1) is 14.6. The predicted molar refractivity (Wildman–Crippen MR) is 66.6 cm³/mol. The highest BCUT2D eigenvalue weighted by Gasteiger charge is 2.20. The van der Waals surface area contributed by atoms with Crippen molar-refractivity contribution in [3.05, 3.63) is 45.7 Å². The van der Waals surface area contributed by atoms with Crippen LogP contribution in [-0.2, 0) is 13.6 Å². The van der Waals surface area contributed by atoms with Crippen molar-refractivity contribution in [2.24, 2.45) is 7.05 Å². The van der Waals surface area contributed by atoms with Gasteiger partial charge in [0.1, 0.15) is 5.69 Å². The second-order valence-electron chi connectivity index (χ2n) is 4.17. The zero-order valence-electron chi connectivity index (χ0n) is 10.6. The van der Waals surface area contributed by atoms with E-state index in [0.29, 0.717) is 16.4 Å². The second-order valence-corrected chi connectivity index (χ2v) is 4.54. The molecule has 0 aliphatic carbocycles. The number of aromatic nitrogens is 2. The largest absolute Gasteiger partial charge is 0.374 e. The summed E-state index contributed by atoms with van der Waals surface area (Å²) >= 11 is 5.96. The standard InChI is InChI=1S/C12H10ClF4N3/c1-5-9(13)8(20(2)19-5)4-18-12-10(16)6(14)3-7(15)11(12)17/h3,18H,4H2,1-2H3. The number of hydrogen-bond donors (Lipinski definition) is 1. The number of halogens is 5. The molecule has 0 aliphatic rings. The summed E-state index contributed by atoms with van der Waals surface area (Å²) in [5.41, 5.74) is 0.0994. The van der Waals surface area contributed by atoms with E-state index in [4.69, 9.17) is 11.6 Å². The van der Waals surface area contributed by atoms with Crippen LogP contribution in [0.25, 0.3) is 0 Å². The van der Waals surface area contributed by atoms with Gasteiger partial charge in [0.2, 0.25) is 0 Å². The molecule has 1 heterocycles. The summed E-state index contributed by atoms with van der Waals surface area (Å²) in [5, 5.41) is 6.63. The van der Waals surface area contributed by atoms with E-state index >= 15 is 0 Å². The SMILES string of the molecule is Cc1nn(C)c(CNc2c(F)c(F)cc(F)c2F)c1Cl. The predicted octanol–water partition coefficient (Wildman–Crippen LogP) is 3.55. The maximum Gasteiger partial charge on any atom is 0.185 e. The second kappa shape index (κ2) is 5.32. The Morgan fingerprint density at radius 3 is 2.20 bits per heavy atom. The number of benzene rings is 1. The Bertz CT molecular complexity index is 643. The molecule has 2 aromatic rings. The Kier molecular flexibility index (Phi) is 3.89. The summed E-state index contributed by atoms with van der Waals surface area (Å²) in [7, 11) is 1.59. The highest BCUT2D eigenvalue weighted by Crippen LogP contribution is 2.26. The first-order chi connectivity index (χ1) is 9.32. The first-order valence-electron chi connectivity index (χ1n) is 5.57. The fourth-order valence-electron chi connectivity index (χ4n) is 1.77. The minimum atomic E-state index is -1.49. The number of rotatable bonds is 3. The number of hydrogen-bond acceptors (Lipinski definition) is 2. The van der Waals surface area contributed by atoms with E-state index in [2.05, 4.69) is 10.4 Å². The van der Waals surface area contributed by atoms with Crippen LogP contribution in [0.5, 0.6) is 0 Å². The molecule has 0 bridgehead atoms. The molecule has 0 radical (unpaired) electrons. The molecule has 0 saturated carbocycles. The molecule has 1 aromatic heterocycles. The van der Waals surface area contributed by atoms with E-state index in [1.165, 1.54) is 4.68 Å². The molecular weight excluding hydrogens is 298 g/mol. The summed E-state index contributed by atoms with van der Waals surface area (Å²) in [6.45, 7) is 1.53. The number of aryl methyl sites for hydroxylation is 2. The fourth-order valence-corrected chi connectivity index (χ4v) is 2.00. The zero-order valence-corrected chi connectivity index (χ0v) is 11.3. The molecule has 1 N–H and O–H groups in total. The molecule has 108 valence electrons. The fraction of sp³-hybridized carbons (Fsp3) is 0.250. The van der Waals surface area contributed by atoms with Crippen molar-refractivity contribution < 1.29 is 17.6 Å². The molecule has 0 aliphatic heterocycles. The van der Waals surface area contributed by atoms with Crippen LogP contribution in [0.3, 0.4) is 0 Å². The van der Waals surface area contributed by atoms with Crippen molar-refractivity contribution in [1.29, 1.82) is 0 Å². The van der Waals surface area contributed by atoms with E-state index in [1.807, 2.05) is 0 Å². The van der Waals surface area contributed by atoms with Gasteiger partial charge in [-0.15, -0.1) is 0 Å². The highest BCUT2D eigenvalue weighted by atomic mass is 35.5. The third-order valence-electron chi connectivity index (χ3n) is 2.81. The molecule has 20 heavy (non-hydrogen) atoms. The van der Waals surface area contributed by atoms with Crippen molar-refractivity contribution in [2.75, 3.05) is 5.32 Å². The molecule has 3 nitrogen and oxygen atoms in total. The van der Waals surface area contributed by atoms with Crippen LogP contribution in [0.4, 0.5) is 23.2 Å². The monoisotopic (exact) mass is 307 g/mol. The minimum absolute atomic E-state index is 0.132. The van der Waals surface area contributed by atoms with Gasteiger partial charge in [-0.1, -0.05) is 11.6 Å². The Balaban J connectivity index is 2.32. The maximum absolute atomic E-state index is 13.5. The van der Waals surface area contributed by atoms with Crippen LogP contribution in [0, 0.1) is 30.2 Å². The summed E-state index contributed by atoms with van der Waals surface area (Å²) < 4.78 is 54.4. The molecule has 0 saturated heterocycles. The lowest BCUT2D eigenvalue weighted by atomic mass is 10.2. The van der Waals surface area contributed by atoms with Crippen molar-refractivity contribution in [3.8, 4) is 0 Å². The van der Waals surface area contributed by atoms with Gasteiger partial charge in [0.05, 0.1) is 23.0 Å². The molecule has 1 aromatic carbocycles. The van der Waals surface area contributed by atoms with Crippen molar-refractivity contribution >= 4 is 17.3 Å². The van der Waals surface area contributed by atoms with E-state index in [1.54, 1.807) is 14.0 Å². The molecular formula is C12H10ClF4N3. The van der Waals surface area contributed by atoms with Crippen LogP contribution < -0.4 is 5.32 Å². The lowest BCUT2D eigenvalue weighted by Crippen LogP contribution is -2.10. The summed E-state index contributed by atoms with van der Waals surface area (Å²) in [6.07, 6.45) is 0. The summed E-state index contributed by atoms with van der Waals surface area (Å²) in [4.78, 5) is 0. The van der Waals surface area contributed by atoms with E-state index in [9.17, 15) is 17.6 Å². The maximum atomic E-state index is 13.5. The van der Waals surface area contributed by atoms with Gasteiger partial charge >= 0.3 is 0 Å². The van der Waals surface area contributed by atoms with Crippen LogP contribution in [0.15, 0.2) is 6.07 Å². The van der Waals surface area contributed by atoms with Gasteiger partial charge < -0.3 is 5.32 Å². The van der Waals surface area contributed by atoms with Gasteiger partial charge in [-0.3, -0.25) is 4.68 Å². The quantitative estimate of drug-likeness (QED) is 0.694. The summed E-state index contributed by atoms with van der Waals surface area (Å²) in [6, 6.07) is 0.150. The lowest BCUT2D eigenvalue weighted by Gasteiger charge is -2.10. The highest BCUT2D eigenvalue weighted by molar-refractivity contribution is 6.31. The van der Waals surface area contributed by atoms with E-state index < -0.39 is 29.0 Å². The molecule has 0 unspecified atom stereocenters. The minimum Gasteiger partial charge on any atom is -0.374 e. The Morgan fingerprint density at radius 1 is 1.20 bits per heavy atom. The molecule has 2 rings (SSSR count). The Hall–Kier alpha value is -1.76. The van der Waals surface area contributed by atoms with Gasteiger partial charge in [0.15, 0.2) is 23.3 Å². The average Bonchev–Trinajstić information content (AvgIpc) is 2.62. The van der Waals surface area contributed by atoms with E-state index in [-0.39, 0.29) is 12.6 Å². The molecule has 0 amide bonds. The van der Waals surface area contributed by atoms with Crippen molar-refractivity contribution in [1.82, 2.24) is 9.78 Å². The van der Waals surface area contributed by atoms with Gasteiger partial charge in [-0.25, -0.2) is 17.6 Å². The molecule has 0 fully saturated rings. The smallest absolute Gasteiger partial charge is 0.185 e. The Labute approximate surface area is 117 Å². The van der Waals surface area contributed by atoms with Crippen LogP contribution in [0.2, 0.25) is 5.02 Å². The zero-order chi connectivity index (χ0) is 15.0.